The second-order valence-corrected chi connectivity index (χ2v) is 5.57. The lowest BCUT2D eigenvalue weighted by Crippen LogP contribution is -2.38. The first-order valence-corrected chi connectivity index (χ1v) is 7.57. The van der Waals surface area contributed by atoms with E-state index in [1.165, 1.54) is 0 Å². The van der Waals surface area contributed by atoms with E-state index < -0.39 is 0 Å². The predicted molar refractivity (Wildman–Crippen MR) is 81.1 cm³/mol. The Bertz CT molecular complexity index is 582. The van der Waals surface area contributed by atoms with Crippen molar-refractivity contribution in [2.45, 2.75) is 25.4 Å². The van der Waals surface area contributed by atoms with Gasteiger partial charge in [0.2, 0.25) is 5.91 Å². The van der Waals surface area contributed by atoms with Crippen LogP contribution in [0.3, 0.4) is 0 Å². The number of carbonyl (C=O) groups excluding carboxylic acids is 2. The summed E-state index contributed by atoms with van der Waals surface area (Å²) < 4.78 is 0. The number of rotatable bonds is 6. The third-order valence-corrected chi connectivity index (χ3v) is 3.76. The van der Waals surface area contributed by atoms with Gasteiger partial charge in [0.15, 0.2) is 6.10 Å². The summed E-state index contributed by atoms with van der Waals surface area (Å²) in [5.41, 5.74) is 1.40. The molecule has 2 aliphatic rings. The van der Waals surface area contributed by atoms with E-state index in [2.05, 4.69) is 15.8 Å². The van der Waals surface area contributed by atoms with Gasteiger partial charge in [0.1, 0.15) is 5.71 Å². The molecule has 6 nitrogen and oxygen atoms in total. The standard InChI is InChI=1S/C16H19N3O3/c20-15(12-6-7-12)17-8-9-18-16(21)13-10-14(22-19-13)11-4-2-1-3-5-11/h1-5,12,14H,6-10H2,(H,17,20)(H,18,21)/t14-/m1/s1. The Morgan fingerprint density at radius 2 is 1.86 bits per heavy atom. The molecule has 116 valence electrons. The van der Waals surface area contributed by atoms with Gasteiger partial charge in [-0.3, -0.25) is 9.59 Å². The molecule has 0 aromatic heterocycles. The van der Waals surface area contributed by atoms with Crippen molar-refractivity contribution < 1.29 is 14.4 Å². The van der Waals surface area contributed by atoms with Crippen molar-refractivity contribution in [3.05, 3.63) is 35.9 Å². The van der Waals surface area contributed by atoms with Crippen molar-refractivity contribution in [3.63, 3.8) is 0 Å². The largest absolute Gasteiger partial charge is 0.387 e. The molecule has 2 N–H and O–H groups in total. The van der Waals surface area contributed by atoms with Crippen LogP contribution in [-0.2, 0) is 14.4 Å². The third kappa shape index (κ3) is 3.63. The molecule has 1 aromatic rings. The fourth-order valence-electron chi connectivity index (χ4n) is 2.31. The van der Waals surface area contributed by atoms with Crippen molar-refractivity contribution in [1.29, 1.82) is 0 Å². The molecule has 1 fully saturated rings. The van der Waals surface area contributed by atoms with Crippen LogP contribution < -0.4 is 10.6 Å². The molecule has 1 aromatic carbocycles. The number of hydrogen-bond donors (Lipinski definition) is 2. The molecule has 0 saturated heterocycles. The summed E-state index contributed by atoms with van der Waals surface area (Å²) in [6.07, 6.45) is 2.22. The SMILES string of the molecule is O=C(NCCNC(=O)C1CC1)C1=NO[C@@H](c2ccccc2)C1. The van der Waals surface area contributed by atoms with E-state index in [1.807, 2.05) is 30.3 Å². The summed E-state index contributed by atoms with van der Waals surface area (Å²) >= 11 is 0. The van der Waals surface area contributed by atoms with Gasteiger partial charge in [0.05, 0.1) is 0 Å². The third-order valence-electron chi connectivity index (χ3n) is 3.76. The van der Waals surface area contributed by atoms with Crippen LogP contribution in [0.15, 0.2) is 35.5 Å². The van der Waals surface area contributed by atoms with Crippen LogP contribution in [0, 0.1) is 5.92 Å². The van der Waals surface area contributed by atoms with Gasteiger partial charge in [-0.2, -0.15) is 0 Å². The van der Waals surface area contributed by atoms with Crippen LogP contribution in [0.1, 0.15) is 30.9 Å². The Hall–Kier alpha value is -2.37. The Balaban J connectivity index is 1.38. The Kier molecular flexibility index (Phi) is 4.37. The maximum atomic E-state index is 12.0. The fraction of sp³-hybridized carbons (Fsp3) is 0.438. The molecule has 1 saturated carbocycles. The molecule has 1 aliphatic heterocycles. The molecule has 1 heterocycles. The number of hydrogen-bond acceptors (Lipinski definition) is 4. The van der Waals surface area contributed by atoms with Gasteiger partial charge in [-0.1, -0.05) is 35.5 Å². The highest BCUT2D eigenvalue weighted by molar-refractivity contribution is 6.39. The van der Waals surface area contributed by atoms with Crippen LogP contribution >= 0.6 is 0 Å². The zero-order valence-electron chi connectivity index (χ0n) is 12.2. The number of oxime groups is 1. The zero-order valence-corrected chi connectivity index (χ0v) is 12.2. The van der Waals surface area contributed by atoms with E-state index in [0.717, 1.165) is 18.4 Å². The molecule has 0 spiro atoms. The van der Waals surface area contributed by atoms with E-state index in [1.54, 1.807) is 0 Å². The van der Waals surface area contributed by atoms with E-state index >= 15 is 0 Å². The highest BCUT2D eigenvalue weighted by Gasteiger charge is 2.29. The quantitative estimate of drug-likeness (QED) is 0.773. The van der Waals surface area contributed by atoms with Gasteiger partial charge < -0.3 is 15.5 Å². The van der Waals surface area contributed by atoms with Crippen molar-refractivity contribution >= 4 is 17.5 Å². The van der Waals surface area contributed by atoms with Crippen LogP contribution in [-0.4, -0.2) is 30.6 Å². The average Bonchev–Trinajstić information content (AvgIpc) is 3.29. The molecular weight excluding hydrogens is 282 g/mol. The smallest absolute Gasteiger partial charge is 0.269 e. The summed E-state index contributed by atoms with van der Waals surface area (Å²) in [6, 6.07) is 9.70. The highest BCUT2D eigenvalue weighted by atomic mass is 16.6. The number of benzene rings is 1. The van der Waals surface area contributed by atoms with E-state index in [-0.39, 0.29) is 23.8 Å². The van der Waals surface area contributed by atoms with Gasteiger partial charge in [0.25, 0.3) is 5.91 Å². The second kappa shape index (κ2) is 6.60. The van der Waals surface area contributed by atoms with E-state index in [9.17, 15) is 9.59 Å². The van der Waals surface area contributed by atoms with Crippen LogP contribution in [0.25, 0.3) is 0 Å². The van der Waals surface area contributed by atoms with Crippen molar-refractivity contribution in [2.75, 3.05) is 13.1 Å². The lowest BCUT2D eigenvalue weighted by Gasteiger charge is -2.08. The molecule has 22 heavy (non-hydrogen) atoms. The average molecular weight is 301 g/mol. The number of amides is 2. The Labute approximate surface area is 128 Å². The first kappa shape index (κ1) is 14.6. The first-order valence-electron chi connectivity index (χ1n) is 7.57. The molecule has 0 unspecified atom stereocenters. The van der Waals surface area contributed by atoms with Gasteiger partial charge in [-0.15, -0.1) is 0 Å². The fourth-order valence-corrected chi connectivity index (χ4v) is 2.31. The van der Waals surface area contributed by atoms with Crippen LogP contribution in [0.4, 0.5) is 0 Å². The number of carbonyl (C=O) groups is 2. The number of nitrogens with one attached hydrogen (secondary N) is 2. The van der Waals surface area contributed by atoms with Gasteiger partial charge in [-0.25, -0.2) is 0 Å². The lowest BCUT2D eigenvalue weighted by molar-refractivity contribution is -0.122. The van der Waals surface area contributed by atoms with Crippen LogP contribution in [0.5, 0.6) is 0 Å². The van der Waals surface area contributed by atoms with E-state index in [4.69, 9.17) is 4.84 Å². The minimum absolute atomic E-state index is 0.0833. The van der Waals surface area contributed by atoms with Crippen molar-refractivity contribution in [2.24, 2.45) is 11.1 Å². The van der Waals surface area contributed by atoms with Gasteiger partial charge in [0, 0.05) is 25.4 Å². The Morgan fingerprint density at radius 3 is 2.59 bits per heavy atom. The summed E-state index contributed by atoms with van der Waals surface area (Å²) in [5, 5.41) is 9.41. The summed E-state index contributed by atoms with van der Waals surface area (Å²) in [5.74, 6) is 0.0361. The van der Waals surface area contributed by atoms with Gasteiger partial charge in [-0.05, 0) is 18.4 Å². The van der Waals surface area contributed by atoms with E-state index in [0.29, 0.717) is 25.2 Å². The minimum Gasteiger partial charge on any atom is -0.387 e. The minimum atomic E-state index is -0.237. The van der Waals surface area contributed by atoms with Crippen molar-refractivity contribution in [3.8, 4) is 0 Å². The molecule has 0 radical (unpaired) electrons. The topological polar surface area (TPSA) is 79.8 Å². The molecule has 1 aliphatic carbocycles. The highest BCUT2D eigenvalue weighted by Crippen LogP contribution is 2.28. The molecule has 6 heteroatoms. The molecule has 1 atom stereocenters. The molecular formula is C16H19N3O3. The maximum absolute atomic E-state index is 12.0. The zero-order chi connectivity index (χ0) is 15.4. The molecule has 2 amide bonds. The lowest BCUT2D eigenvalue weighted by atomic mass is 10.0. The van der Waals surface area contributed by atoms with Crippen LogP contribution in [0.2, 0.25) is 0 Å². The second-order valence-electron chi connectivity index (χ2n) is 5.57. The summed E-state index contributed by atoms with van der Waals surface area (Å²) in [4.78, 5) is 28.7. The molecule has 3 rings (SSSR count). The normalized spacial score (nSPS) is 20.0. The maximum Gasteiger partial charge on any atom is 0.269 e. The molecule has 0 bridgehead atoms. The first-order chi connectivity index (χ1) is 10.7. The summed E-state index contributed by atoms with van der Waals surface area (Å²) in [6.45, 7) is 0.837. The van der Waals surface area contributed by atoms with Crippen molar-refractivity contribution in [1.82, 2.24) is 10.6 Å². The predicted octanol–water partition coefficient (Wildman–Crippen LogP) is 1.15. The Morgan fingerprint density at radius 1 is 1.14 bits per heavy atom. The monoisotopic (exact) mass is 301 g/mol. The number of nitrogens with zero attached hydrogens (tertiary/aromatic N) is 1. The van der Waals surface area contributed by atoms with Gasteiger partial charge >= 0.3 is 0 Å². The summed E-state index contributed by atoms with van der Waals surface area (Å²) in [7, 11) is 0.